The average Bonchev–Trinajstić information content (AvgIpc) is 3.47. The van der Waals surface area contributed by atoms with Gasteiger partial charge in [0.1, 0.15) is 5.76 Å². The van der Waals surface area contributed by atoms with Crippen LogP contribution in [0.25, 0.3) is 0 Å². The highest BCUT2D eigenvalue weighted by molar-refractivity contribution is 5.92. The minimum absolute atomic E-state index is 0.0700. The van der Waals surface area contributed by atoms with Crippen LogP contribution < -0.4 is 0 Å². The largest absolute Gasteiger partial charge is 0.490 e. The first-order valence-electron chi connectivity index (χ1n) is 9.90. The molecule has 0 spiro atoms. The lowest BCUT2D eigenvalue weighted by molar-refractivity contribution is -0.192. The molecule has 2 saturated heterocycles. The summed E-state index contributed by atoms with van der Waals surface area (Å²) in [6.45, 7) is 4.92. The monoisotopic (exact) mass is 459 g/mol. The normalized spacial score (nSPS) is 23.4. The Morgan fingerprint density at radius 3 is 2.56 bits per heavy atom. The third kappa shape index (κ3) is 5.30. The van der Waals surface area contributed by atoms with Crippen LogP contribution in [0.15, 0.2) is 33.6 Å². The van der Waals surface area contributed by atoms with Gasteiger partial charge in [-0.25, -0.2) is 9.78 Å². The predicted molar refractivity (Wildman–Crippen MR) is 103 cm³/mol. The van der Waals surface area contributed by atoms with Crippen molar-refractivity contribution >= 4 is 11.9 Å². The minimum atomic E-state index is -5.08. The second-order valence-electron chi connectivity index (χ2n) is 7.64. The van der Waals surface area contributed by atoms with Crippen molar-refractivity contribution in [3.63, 3.8) is 0 Å². The van der Waals surface area contributed by atoms with Gasteiger partial charge in [-0.3, -0.25) is 9.69 Å². The quantitative estimate of drug-likeness (QED) is 0.743. The number of aryl methyl sites for hydroxylation is 1. The summed E-state index contributed by atoms with van der Waals surface area (Å²) in [6.07, 6.45) is -1.05. The van der Waals surface area contributed by atoms with Crippen LogP contribution in [-0.2, 0) is 16.1 Å². The van der Waals surface area contributed by atoms with E-state index >= 15 is 0 Å². The number of nitrogens with zero attached hydrogens (tertiary/aromatic N) is 3. The molecule has 1 amide bonds. The summed E-state index contributed by atoms with van der Waals surface area (Å²) in [5.74, 6) is -1.25. The fourth-order valence-electron chi connectivity index (χ4n) is 4.17. The van der Waals surface area contributed by atoms with Crippen LogP contribution in [0.4, 0.5) is 13.2 Å². The summed E-state index contributed by atoms with van der Waals surface area (Å²) in [6, 6.07) is 4.00. The molecule has 0 aromatic carbocycles. The molecule has 2 fully saturated rings. The number of alkyl halides is 3. The smallest absolute Gasteiger partial charge is 0.475 e. The van der Waals surface area contributed by atoms with Gasteiger partial charge in [-0.15, -0.1) is 0 Å². The second kappa shape index (κ2) is 9.74. The average molecular weight is 459 g/mol. The number of likely N-dealkylation sites (tertiary alicyclic amines) is 2. The van der Waals surface area contributed by atoms with E-state index in [0.29, 0.717) is 23.9 Å². The lowest BCUT2D eigenvalue weighted by Crippen LogP contribution is -2.53. The number of carbonyl (C=O) groups excluding carboxylic acids is 1. The van der Waals surface area contributed by atoms with Crippen LogP contribution in [0.3, 0.4) is 0 Å². The zero-order valence-electron chi connectivity index (χ0n) is 17.5. The number of piperidine rings is 1. The van der Waals surface area contributed by atoms with Gasteiger partial charge in [-0.1, -0.05) is 0 Å². The number of halogens is 3. The number of rotatable bonds is 4. The number of furan rings is 1. The topological polar surface area (TPSA) is 109 Å². The number of oxazole rings is 1. The molecule has 12 heteroatoms. The molecule has 2 aromatic rings. The molecular weight excluding hydrogens is 435 g/mol. The third-order valence-electron chi connectivity index (χ3n) is 5.65. The molecule has 32 heavy (non-hydrogen) atoms. The molecule has 4 heterocycles. The summed E-state index contributed by atoms with van der Waals surface area (Å²) < 4.78 is 48.2. The van der Waals surface area contributed by atoms with Crippen LogP contribution in [0.5, 0.6) is 0 Å². The molecule has 3 atom stereocenters. The summed E-state index contributed by atoms with van der Waals surface area (Å²) in [4.78, 5) is 30.2. The van der Waals surface area contributed by atoms with Crippen LogP contribution in [0.2, 0.25) is 0 Å². The van der Waals surface area contributed by atoms with Gasteiger partial charge in [0.2, 0.25) is 5.76 Å². The fourth-order valence-corrected chi connectivity index (χ4v) is 4.17. The van der Waals surface area contributed by atoms with E-state index in [2.05, 4.69) is 9.88 Å². The molecule has 0 aliphatic carbocycles. The number of hydrogen-bond donors (Lipinski definition) is 1. The first-order chi connectivity index (χ1) is 15.1. The molecule has 176 valence electrons. The molecule has 0 unspecified atom stereocenters. The van der Waals surface area contributed by atoms with Crippen LogP contribution in [0, 0.1) is 12.8 Å². The minimum Gasteiger partial charge on any atom is -0.475 e. The zero-order valence-corrected chi connectivity index (χ0v) is 17.5. The number of amides is 1. The fraction of sp³-hybridized carbons (Fsp3) is 0.550. The molecule has 0 bridgehead atoms. The summed E-state index contributed by atoms with van der Waals surface area (Å²) >= 11 is 0. The van der Waals surface area contributed by atoms with Crippen LogP contribution >= 0.6 is 0 Å². The molecule has 9 nitrogen and oxygen atoms in total. The van der Waals surface area contributed by atoms with Gasteiger partial charge >= 0.3 is 12.1 Å². The Balaban J connectivity index is 0.000000360. The van der Waals surface area contributed by atoms with Crippen molar-refractivity contribution in [2.75, 3.05) is 26.7 Å². The van der Waals surface area contributed by atoms with Crippen molar-refractivity contribution in [2.45, 2.75) is 38.2 Å². The Kier molecular flexibility index (Phi) is 7.24. The van der Waals surface area contributed by atoms with Crippen molar-refractivity contribution in [2.24, 2.45) is 5.92 Å². The number of carbonyl (C=O) groups is 2. The summed E-state index contributed by atoms with van der Waals surface area (Å²) in [7, 11) is 1.76. The van der Waals surface area contributed by atoms with Crippen molar-refractivity contribution in [3.05, 3.63) is 42.0 Å². The van der Waals surface area contributed by atoms with E-state index in [-0.39, 0.29) is 18.1 Å². The molecule has 2 aliphatic heterocycles. The number of aromatic nitrogens is 1. The standard InChI is InChI=1S/C18H23N3O4.C2HF3O2/c1-12-17(25-11-19-12)18(22)21-6-5-16(23-2)14-9-20(10-15(14)21)8-13-4-3-7-24-13;3-2(4,5)1(6)7/h3-4,7,11,14-16H,5-6,8-10H2,1-2H3;(H,6,7)/t14-,15+,16+;/m0./s1. The SMILES string of the molecule is CO[C@@H]1CCN(C(=O)c2ocnc2C)[C@@H]2CN(Cc3ccco3)C[C@@H]21.O=C(O)C(F)(F)F. The van der Waals surface area contributed by atoms with Gasteiger partial charge in [0.05, 0.1) is 30.6 Å². The number of carboxylic acids is 1. The highest BCUT2D eigenvalue weighted by atomic mass is 19.4. The van der Waals surface area contributed by atoms with E-state index in [1.54, 1.807) is 20.3 Å². The molecule has 4 rings (SSSR count). The Morgan fingerprint density at radius 2 is 2.03 bits per heavy atom. The second-order valence-corrected chi connectivity index (χ2v) is 7.64. The van der Waals surface area contributed by atoms with Gasteiger partial charge < -0.3 is 23.6 Å². The van der Waals surface area contributed by atoms with E-state index in [1.807, 2.05) is 17.0 Å². The molecule has 0 saturated carbocycles. The number of aliphatic carboxylic acids is 1. The molecular formula is C20H24F3N3O6. The Labute approximate surface area is 181 Å². The Hall–Kier alpha value is -2.86. The molecule has 1 N–H and O–H groups in total. The molecule has 2 aliphatic rings. The number of hydrogen-bond acceptors (Lipinski definition) is 7. The zero-order chi connectivity index (χ0) is 23.5. The highest BCUT2D eigenvalue weighted by Gasteiger charge is 2.47. The van der Waals surface area contributed by atoms with Gasteiger partial charge in [0.15, 0.2) is 6.39 Å². The van der Waals surface area contributed by atoms with E-state index in [0.717, 1.165) is 31.8 Å². The van der Waals surface area contributed by atoms with Gasteiger partial charge in [-0.2, -0.15) is 13.2 Å². The maximum Gasteiger partial charge on any atom is 0.490 e. The van der Waals surface area contributed by atoms with Gasteiger partial charge in [0, 0.05) is 32.7 Å². The predicted octanol–water partition coefficient (Wildman–Crippen LogP) is 2.57. The van der Waals surface area contributed by atoms with Gasteiger partial charge in [0.25, 0.3) is 5.91 Å². The number of fused-ring (bicyclic) bond motifs is 1. The van der Waals surface area contributed by atoms with Crippen LogP contribution in [0.1, 0.15) is 28.4 Å². The van der Waals surface area contributed by atoms with E-state index in [4.69, 9.17) is 23.5 Å². The summed E-state index contributed by atoms with van der Waals surface area (Å²) in [5.41, 5.74) is 0.640. The van der Waals surface area contributed by atoms with Crippen molar-refractivity contribution in [3.8, 4) is 0 Å². The third-order valence-corrected chi connectivity index (χ3v) is 5.65. The van der Waals surface area contributed by atoms with Crippen LogP contribution in [-0.4, -0.2) is 76.8 Å². The Morgan fingerprint density at radius 1 is 1.31 bits per heavy atom. The highest BCUT2D eigenvalue weighted by Crippen LogP contribution is 2.34. The van der Waals surface area contributed by atoms with E-state index in [9.17, 15) is 18.0 Å². The number of methoxy groups -OCH3 is 1. The molecule has 2 aromatic heterocycles. The van der Waals surface area contributed by atoms with Gasteiger partial charge in [-0.05, 0) is 25.5 Å². The first-order valence-corrected chi connectivity index (χ1v) is 9.90. The van der Waals surface area contributed by atoms with Crippen molar-refractivity contribution in [1.82, 2.24) is 14.8 Å². The summed E-state index contributed by atoms with van der Waals surface area (Å²) in [5, 5.41) is 7.12. The first kappa shape index (κ1) is 23.8. The van der Waals surface area contributed by atoms with E-state index in [1.165, 1.54) is 6.39 Å². The van der Waals surface area contributed by atoms with Crippen molar-refractivity contribution in [1.29, 1.82) is 0 Å². The molecule has 0 radical (unpaired) electrons. The number of ether oxygens (including phenoxy) is 1. The lowest BCUT2D eigenvalue weighted by atomic mass is 9.88. The number of carboxylic acid groups (broad SMARTS) is 1. The Bertz CT molecular complexity index is 914. The van der Waals surface area contributed by atoms with E-state index < -0.39 is 12.1 Å². The lowest BCUT2D eigenvalue weighted by Gasteiger charge is -2.40. The maximum absolute atomic E-state index is 13.0. The maximum atomic E-state index is 13.0. The van der Waals surface area contributed by atoms with Crippen molar-refractivity contribution < 1.29 is 41.4 Å².